The summed E-state index contributed by atoms with van der Waals surface area (Å²) in [6.07, 6.45) is 3.58. The second-order valence-electron chi connectivity index (χ2n) is 5.16. The molecule has 2 rings (SSSR count). The van der Waals surface area contributed by atoms with Crippen molar-refractivity contribution < 1.29 is 9.59 Å². The Hall–Kier alpha value is -1.96. The van der Waals surface area contributed by atoms with Gasteiger partial charge in [0, 0.05) is 12.0 Å². The molecule has 0 unspecified atom stereocenters. The van der Waals surface area contributed by atoms with Crippen LogP contribution >= 0.6 is 0 Å². The molecule has 104 valence electrons. The highest BCUT2D eigenvalue weighted by Crippen LogP contribution is 2.17. The van der Waals surface area contributed by atoms with Crippen LogP contribution in [0.3, 0.4) is 0 Å². The van der Waals surface area contributed by atoms with Gasteiger partial charge in [0.15, 0.2) is 5.78 Å². The van der Waals surface area contributed by atoms with E-state index in [1.54, 1.807) is 0 Å². The fourth-order valence-corrected chi connectivity index (χ4v) is 2.30. The molecule has 0 atom stereocenters. The van der Waals surface area contributed by atoms with E-state index in [4.69, 9.17) is 0 Å². The maximum Gasteiger partial charge on any atom is 0.170 e. The van der Waals surface area contributed by atoms with Gasteiger partial charge in [-0.3, -0.25) is 9.59 Å². The van der Waals surface area contributed by atoms with Crippen molar-refractivity contribution in [2.24, 2.45) is 0 Å². The van der Waals surface area contributed by atoms with Crippen molar-refractivity contribution in [3.05, 3.63) is 48.0 Å². The molecule has 0 bridgehead atoms. The molecule has 0 fully saturated rings. The molecule has 2 aromatic rings. The Morgan fingerprint density at radius 3 is 2.45 bits per heavy atom. The number of fused-ring (bicyclic) bond motifs is 1. The van der Waals surface area contributed by atoms with E-state index < -0.39 is 0 Å². The third-order valence-corrected chi connectivity index (χ3v) is 3.49. The molecule has 20 heavy (non-hydrogen) atoms. The Morgan fingerprint density at radius 2 is 1.70 bits per heavy atom. The number of carbonyl (C=O) groups excluding carboxylic acids is 2. The van der Waals surface area contributed by atoms with Gasteiger partial charge in [-0.15, -0.1) is 0 Å². The minimum Gasteiger partial charge on any atom is -0.299 e. The molecule has 2 aromatic carbocycles. The zero-order valence-electron chi connectivity index (χ0n) is 11.9. The Labute approximate surface area is 119 Å². The van der Waals surface area contributed by atoms with Crippen molar-refractivity contribution in [1.29, 1.82) is 0 Å². The average molecular weight is 268 g/mol. The van der Waals surface area contributed by atoms with Gasteiger partial charge in [-0.05, 0) is 23.3 Å². The summed E-state index contributed by atoms with van der Waals surface area (Å²) in [5.74, 6) is -0.0196. The minimum absolute atomic E-state index is 0.0298. The molecule has 0 heterocycles. The summed E-state index contributed by atoms with van der Waals surface area (Å²) in [6, 6.07) is 13.5. The molecule has 0 amide bonds. The Kier molecular flexibility index (Phi) is 5.05. The smallest absolute Gasteiger partial charge is 0.170 e. The topological polar surface area (TPSA) is 34.1 Å². The van der Waals surface area contributed by atoms with Crippen molar-refractivity contribution in [1.82, 2.24) is 0 Å². The van der Waals surface area contributed by atoms with Crippen LogP contribution in [0.4, 0.5) is 0 Å². The molecule has 0 saturated carbocycles. The van der Waals surface area contributed by atoms with Crippen LogP contribution in [0.2, 0.25) is 0 Å². The lowest BCUT2D eigenvalue weighted by Crippen LogP contribution is -2.08. The SMILES string of the molecule is CCCCCC(=O)CC(=O)c1ccc2ccccc2c1. The molecule has 2 heteroatoms. The second kappa shape index (κ2) is 6.99. The number of Topliss-reactive ketones (excluding diaryl/α,β-unsaturated/α-hetero) is 2. The van der Waals surface area contributed by atoms with Crippen molar-refractivity contribution in [3.8, 4) is 0 Å². The van der Waals surface area contributed by atoms with Crippen LogP contribution in [0.15, 0.2) is 42.5 Å². The van der Waals surface area contributed by atoms with Crippen LogP contribution in [0.25, 0.3) is 10.8 Å². The quantitative estimate of drug-likeness (QED) is 0.419. The third-order valence-electron chi connectivity index (χ3n) is 3.49. The van der Waals surface area contributed by atoms with Gasteiger partial charge in [0.05, 0.1) is 6.42 Å². The number of ketones is 2. The lowest BCUT2D eigenvalue weighted by molar-refractivity contribution is -0.118. The average Bonchev–Trinajstić information content (AvgIpc) is 2.47. The van der Waals surface area contributed by atoms with Gasteiger partial charge < -0.3 is 0 Å². The third kappa shape index (κ3) is 3.77. The first-order valence-corrected chi connectivity index (χ1v) is 7.24. The number of rotatable bonds is 7. The molecule has 0 aliphatic rings. The zero-order valence-corrected chi connectivity index (χ0v) is 11.9. The number of hydrogen-bond acceptors (Lipinski definition) is 2. The first-order valence-electron chi connectivity index (χ1n) is 7.24. The van der Waals surface area contributed by atoms with Crippen LogP contribution in [0.5, 0.6) is 0 Å². The lowest BCUT2D eigenvalue weighted by Gasteiger charge is -2.03. The minimum atomic E-state index is -0.0720. The highest BCUT2D eigenvalue weighted by atomic mass is 16.1. The van der Waals surface area contributed by atoms with Crippen molar-refractivity contribution in [2.75, 3.05) is 0 Å². The molecule has 0 saturated heterocycles. The predicted molar refractivity (Wildman–Crippen MR) is 82.0 cm³/mol. The van der Waals surface area contributed by atoms with Crippen molar-refractivity contribution >= 4 is 22.3 Å². The molecule has 0 aliphatic heterocycles. The van der Waals surface area contributed by atoms with E-state index >= 15 is 0 Å². The summed E-state index contributed by atoms with van der Waals surface area (Å²) in [5.41, 5.74) is 0.632. The highest BCUT2D eigenvalue weighted by molar-refractivity contribution is 6.09. The summed E-state index contributed by atoms with van der Waals surface area (Å²) < 4.78 is 0. The van der Waals surface area contributed by atoms with Crippen molar-refractivity contribution in [3.63, 3.8) is 0 Å². The molecule has 0 N–H and O–H groups in total. The number of benzene rings is 2. The van der Waals surface area contributed by atoms with E-state index in [-0.39, 0.29) is 18.0 Å². The summed E-state index contributed by atoms with van der Waals surface area (Å²) in [4.78, 5) is 23.9. The van der Waals surface area contributed by atoms with Crippen LogP contribution in [0.1, 0.15) is 49.4 Å². The Morgan fingerprint density at radius 1 is 0.950 bits per heavy atom. The van der Waals surface area contributed by atoms with Crippen LogP contribution in [0, 0.1) is 0 Å². The molecule has 2 nitrogen and oxygen atoms in total. The van der Waals surface area contributed by atoms with E-state index in [0.717, 1.165) is 30.0 Å². The molecule has 0 spiro atoms. The normalized spacial score (nSPS) is 10.7. The second-order valence-corrected chi connectivity index (χ2v) is 5.16. The number of carbonyl (C=O) groups is 2. The van der Waals surface area contributed by atoms with E-state index in [2.05, 4.69) is 6.92 Å². The van der Waals surface area contributed by atoms with Gasteiger partial charge in [-0.2, -0.15) is 0 Å². The number of hydrogen-bond donors (Lipinski definition) is 0. The summed E-state index contributed by atoms with van der Waals surface area (Å²) in [7, 11) is 0. The van der Waals surface area contributed by atoms with E-state index in [9.17, 15) is 9.59 Å². The maximum absolute atomic E-state index is 12.1. The van der Waals surface area contributed by atoms with Crippen LogP contribution in [-0.2, 0) is 4.79 Å². The van der Waals surface area contributed by atoms with Gasteiger partial charge in [0.2, 0.25) is 0 Å². The van der Waals surface area contributed by atoms with Gasteiger partial charge in [0.25, 0.3) is 0 Å². The van der Waals surface area contributed by atoms with E-state index in [1.807, 2.05) is 42.5 Å². The lowest BCUT2D eigenvalue weighted by atomic mass is 10.00. The Bertz CT molecular complexity index is 614. The van der Waals surface area contributed by atoms with Gasteiger partial charge in [-0.25, -0.2) is 0 Å². The summed E-state index contributed by atoms with van der Waals surface area (Å²) >= 11 is 0. The predicted octanol–water partition coefficient (Wildman–Crippen LogP) is 4.56. The first-order chi connectivity index (χ1) is 9.70. The molecular weight excluding hydrogens is 248 g/mol. The first kappa shape index (κ1) is 14.4. The number of unbranched alkanes of at least 4 members (excludes halogenated alkanes) is 2. The van der Waals surface area contributed by atoms with Crippen LogP contribution in [-0.4, -0.2) is 11.6 Å². The zero-order chi connectivity index (χ0) is 14.4. The summed E-state index contributed by atoms with van der Waals surface area (Å²) in [6.45, 7) is 2.10. The largest absolute Gasteiger partial charge is 0.299 e. The maximum atomic E-state index is 12.1. The monoisotopic (exact) mass is 268 g/mol. The molecule has 0 radical (unpaired) electrons. The van der Waals surface area contributed by atoms with E-state index in [0.29, 0.717) is 12.0 Å². The molecule has 0 aliphatic carbocycles. The van der Waals surface area contributed by atoms with E-state index in [1.165, 1.54) is 0 Å². The highest BCUT2D eigenvalue weighted by Gasteiger charge is 2.11. The standard InChI is InChI=1S/C18H20O2/c1-2-3-4-9-17(19)13-18(20)16-11-10-14-7-5-6-8-15(14)12-16/h5-8,10-12H,2-4,9,13H2,1H3. The fraction of sp³-hybridized carbons (Fsp3) is 0.333. The van der Waals surface area contributed by atoms with Gasteiger partial charge >= 0.3 is 0 Å². The van der Waals surface area contributed by atoms with Crippen LogP contribution < -0.4 is 0 Å². The van der Waals surface area contributed by atoms with Gasteiger partial charge in [0.1, 0.15) is 5.78 Å². The molecule has 0 aromatic heterocycles. The van der Waals surface area contributed by atoms with Gasteiger partial charge in [-0.1, -0.05) is 56.2 Å². The van der Waals surface area contributed by atoms with Crippen molar-refractivity contribution in [2.45, 2.75) is 39.0 Å². The fourth-order valence-electron chi connectivity index (χ4n) is 2.30. The summed E-state index contributed by atoms with van der Waals surface area (Å²) in [5, 5.41) is 2.15. The molecular formula is C18H20O2. The Balaban J connectivity index is 2.02.